The lowest BCUT2D eigenvalue weighted by molar-refractivity contribution is 0.0945. The zero-order chi connectivity index (χ0) is 18.1. The molecule has 0 bridgehead atoms. The van der Waals surface area contributed by atoms with Crippen LogP contribution in [0.4, 0.5) is 5.95 Å². The van der Waals surface area contributed by atoms with Crippen LogP contribution in [0.3, 0.4) is 0 Å². The first kappa shape index (κ1) is 17.0. The number of hydrogen-bond donors (Lipinski definition) is 2. The molecule has 1 aliphatic carbocycles. The van der Waals surface area contributed by atoms with Crippen LogP contribution < -0.4 is 10.2 Å². The molecule has 0 unspecified atom stereocenters. The van der Waals surface area contributed by atoms with Gasteiger partial charge in [-0.2, -0.15) is 0 Å². The fraction of sp³-hybridized carbons (Fsp3) is 0.450. The van der Waals surface area contributed by atoms with E-state index in [2.05, 4.69) is 17.1 Å². The number of nitrogens with one attached hydrogen (secondary N) is 1. The standard InChI is InChI=1S/C20H24N4O2/c1-13-9-11-24(13)20-22-17-4-2-3-16(17)18(23-20)14-5-7-15(8-6-14)19(26)21-10-12-25/h5-8,13,25H,2-4,9-12H2,1H3,(H,21,26)/t13-/m0/s1. The highest BCUT2D eigenvalue weighted by atomic mass is 16.3. The molecule has 1 atom stereocenters. The van der Waals surface area contributed by atoms with E-state index in [1.54, 1.807) is 0 Å². The quantitative estimate of drug-likeness (QED) is 0.860. The Hall–Kier alpha value is -2.47. The molecule has 1 saturated heterocycles. The van der Waals surface area contributed by atoms with Crippen LogP contribution in [-0.2, 0) is 12.8 Å². The van der Waals surface area contributed by atoms with Crippen LogP contribution in [-0.4, -0.2) is 46.7 Å². The highest BCUT2D eigenvalue weighted by Gasteiger charge is 2.29. The Labute approximate surface area is 153 Å². The molecule has 1 aliphatic heterocycles. The molecule has 2 aliphatic rings. The summed E-state index contributed by atoms with van der Waals surface area (Å²) in [4.78, 5) is 24.0. The Morgan fingerprint density at radius 1 is 1.27 bits per heavy atom. The van der Waals surface area contributed by atoms with Crippen molar-refractivity contribution >= 4 is 11.9 Å². The van der Waals surface area contributed by atoms with Gasteiger partial charge in [0, 0.05) is 41.5 Å². The number of anilines is 1. The fourth-order valence-corrected chi connectivity index (χ4v) is 3.65. The Morgan fingerprint density at radius 2 is 2.08 bits per heavy atom. The number of aliphatic hydroxyl groups is 1. The smallest absolute Gasteiger partial charge is 0.251 e. The Balaban J connectivity index is 1.65. The summed E-state index contributed by atoms with van der Waals surface area (Å²) in [7, 11) is 0. The highest BCUT2D eigenvalue weighted by Crippen LogP contribution is 2.33. The molecule has 2 aromatic rings. The van der Waals surface area contributed by atoms with E-state index in [1.165, 1.54) is 17.7 Å². The van der Waals surface area contributed by atoms with E-state index in [4.69, 9.17) is 15.1 Å². The van der Waals surface area contributed by atoms with Crippen LogP contribution in [0.1, 0.15) is 41.4 Å². The maximum atomic E-state index is 12.0. The van der Waals surface area contributed by atoms with Gasteiger partial charge in [-0.05, 0) is 44.7 Å². The first-order valence-corrected chi connectivity index (χ1v) is 9.33. The molecule has 6 nitrogen and oxygen atoms in total. The second-order valence-corrected chi connectivity index (χ2v) is 7.04. The first-order valence-electron chi connectivity index (χ1n) is 9.33. The van der Waals surface area contributed by atoms with E-state index in [-0.39, 0.29) is 19.1 Å². The Morgan fingerprint density at radius 3 is 2.73 bits per heavy atom. The molecule has 6 heteroatoms. The van der Waals surface area contributed by atoms with Crippen molar-refractivity contribution in [3.8, 4) is 11.3 Å². The molecule has 4 rings (SSSR count). The van der Waals surface area contributed by atoms with Crippen molar-refractivity contribution in [2.24, 2.45) is 0 Å². The third-order valence-corrected chi connectivity index (χ3v) is 5.32. The van der Waals surface area contributed by atoms with Gasteiger partial charge in [0.05, 0.1) is 12.3 Å². The summed E-state index contributed by atoms with van der Waals surface area (Å²) in [6.45, 7) is 3.43. The number of aromatic nitrogens is 2. The van der Waals surface area contributed by atoms with Crippen molar-refractivity contribution in [2.75, 3.05) is 24.6 Å². The van der Waals surface area contributed by atoms with E-state index < -0.39 is 0 Å². The van der Waals surface area contributed by atoms with Crippen molar-refractivity contribution in [2.45, 2.75) is 38.6 Å². The predicted octanol–water partition coefficient (Wildman–Crippen LogP) is 1.95. The van der Waals surface area contributed by atoms with Crippen molar-refractivity contribution < 1.29 is 9.90 Å². The number of rotatable bonds is 5. The summed E-state index contributed by atoms with van der Waals surface area (Å²) >= 11 is 0. The number of amides is 1. The minimum atomic E-state index is -0.173. The summed E-state index contributed by atoms with van der Waals surface area (Å²) in [6, 6.07) is 8.05. The molecule has 2 N–H and O–H groups in total. The second-order valence-electron chi connectivity index (χ2n) is 7.04. The largest absolute Gasteiger partial charge is 0.395 e. The number of benzene rings is 1. The lowest BCUT2D eigenvalue weighted by Gasteiger charge is -2.39. The zero-order valence-corrected chi connectivity index (χ0v) is 15.0. The molecule has 2 heterocycles. The monoisotopic (exact) mass is 352 g/mol. The summed E-state index contributed by atoms with van der Waals surface area (Å²) in [5, 5.41) is 11.5. The maximum Gasteiger partial charge on any atom is 0.251 e. The van der Waals surface area contributed by atoms with Gasteiger partial charge in [0.15, 0.2) is 0 Å². The van der Waals surface area contributed by atoms with Gasteiger partial charge in [0.1, 0.15) is 0 Å². The summed E-state index contributed by atoms with van der Waals surface area (Å²) < 4.78 is 0. The minimum absolute atomic E-state index is 0.0609. The third kappa shape index (κ3) is 3.05. The molecule has 26 heavy (non-hydrogen) atoms. The fourth-order valence-electron chi connectivity index (χ4n) is 3.65. The van der Waals surface area contributed by atoms with Crippen LogP contribution in [0.5, 0.6) is 0 Å². The van der Waals surface area contributed by atoms with E-state index in [0.29, 0.717) is 11.6 Å². The lowest BCUT2D eigenvalue weighted by Crippen LogP contribution is -2.46. The number of fused-ring (bicyclic) bond motifs is 1. The van der Waals surface area contributed by atoms with Gasteiger partial charge in [-0.15, -0.1) is 0 Å². The summed E-state index contributed by atoms with van der Waals surface area (Å²) in [5.41, 5.74) is 5.04. The number of nitrogens with zero attached hydrogens (tertiary/aromatic N) is 3. The van der Waals surface area contributed by atoms with Crippen molar-refractivity contribution in [1.82, 2.24) is 15.3 Å². The predicted molar refractivity (Wildman–Crippen MR) is 100 cm³/mol. The molecule has 1 amide bonds. The van der Waals surface area contributed by atoms with Crippen LogP contribution in [0.15, 0.2) is 24.3 Å². The molecular formula is C20H24N4O2. The molecule has 1 fully saturated rings. The number of aliphatic hydroxyl groups excluding tert-OH is 1. The number of carbonyl (C=O) groups excluding carboxylic acids is 1. The molecule has 0 saturated carbocycles. The SMILES string of the molecule is C[C@H]1CCN1c1nc2c(c(-c3ccc(C(=O)NCCO)cc3)n1)CCC2. The van der Waals surface area contributed by atoms with E-state index in [1.807, 2.05) is 24.3 Å². The van der Waals surface area contributed by atoms with Crippen molar-refractivity contribution in [1.29, 1.82) is 0 Å². The number of hydrogen-bond acceptors (Lipinski definition) is 5. The Bertz CT molecular complexity index is 819. The van der Waals surface area contributed by atoms with Gasteiger partial charge in [-0.1, -0.05) is 12.1 Å². The van der Waals surface area contributed by atoms with Gasteiger partial charge >= 0.3 is 0 Å². The molecular weight excluding hydrogens is 328 g/mol. The van der Waals surface area contributed by atoms with E-state index >= 15 is 0 Å². The highest BCUT2D eigenvalue weighted by molar-refractivity contribution is 5.94. The number of aryl methyl sites for hydroxylation is 1. The van der Waals surface area contributed by atoms with Gasteiger partial charge in [0.25, 0.3) is 5.91 Å². The molecule has 1 aromatic heterocycles. The summed E-state index contributed by atoms with van der Waals surface area (Å²) in [6.07, 6.45) is 4.34. The summed E-state index contributed by atoms with van der Waals surface area (Å²) in [5.74, 6) is 0.665. The zero-order valence-electron chi connectivity index (χ0n) is 15.0. The third-order valence-electron chi connectivity index (χ3n) is 5.32. The van der Waals surface area contributed by atoms with Gasteiger partial charge < -0.3 is 15.3 Å². The Kier molecular flexibility index (Phi) is 4.59. The first-order chi connectivity index (χ1) is 12.7. The van der Waals surface area contributed by atoms with E-state index in [0.717, 1.165) is 43.0 Å². The average molecular weight is 352 g/mol. The van der Waals surface area contributed by atoms with Gasteiger partial charge in [-0.3, -0.25) is 4.79 Å². The van der Waals surface area contributed by atoms with Crippen LogP contribution >= 0.6 is 0 Å². The van der Waals surface area contributed by atoms with Gasteiger partial charge in [-0.25, -0.2) is 9.97 Å². The second kappa shape index (κ2) is 7.03. The topological polar surface area (TPSA) is 78.4 Å². The van der Waals surface area contributed by atoms with Crippen LogP contribution in [0, 0.1) is 0 Å². The van der Waals surface area contributed by atoms with Gasteiger partial charge in [0.2, 0.25) is 5.95 Å². The maximum absolute atomic E-state index is 12.0. The molecule has 0 spiro atoms. The minimum Gasteiger partial charge on any atom is -0.395 e. The average Bonchev–Trinajstić information content (AvgIpc) is 3.13. The molecule has 136 valence electrons. The normalized spacial score (nSPS) is 18.4. The number of carbonyl (C=O) groups is 1. The van der Waals surface area contributed by atoms with Crippen molar-refractivity contribution in [3.63, 3.8) is 0 Å². The molecule has 0 radical (unpaired) electrons. The van der Waals surface area contributed by atoms with E-state index in [9.17, 15) is 4.79 Å². The van der Waals surface area contributed by atoms with Crippen LogP contribution in [0.25, 0.3) is 11.3 Å². The van der Waals surface area contributed by atoms with Crippen molar-refractivity contribution in [3.05, 3.63) is 41.1 Å². The lowest BCUT2D eigenvalue weighted by atomic mass is 10.0. The molecule has 1 aromatic carbocycles. The van der Waals surface area contributed by atoms with Crippen LogP contribution in [0.2, 0.25) is 0 Å².